The molecule has 3 nitrogen and oxygen atoms in total. The summed E-state index contributed by atoms with van der Waals surface area (Å²) < 4.78 is 1.88. The van der Waals surface area contributed by atoms with Crippen LogP contribution in [-0.2, 0) is 6.54 Å². The molecule has 0 aliphatic rings. The maximum atomic E-state index is 8.56. The lowest BCUT2D eigenvalue weighted by Gasteiger charge is -1.99. The predicted octanol–water partition coefficient (Wildman–Crippen LogP) is 1.75. The van der Waals surface area contributed by atoms with Crippen LogP contribution < -0.4 is 5.73 Å². The van der Waals surface area contributed by atoms with Crippen LogP contribution >= 0.6 is 0 Å². The fourth-order valence-electron chi connectivity index (χ4n) is 1.42. The summed E-state index contributed by atoms with van der Waals surface area (Å²) in [5, 5.41) is 9.68. The lowest BCUT2D eigenvalue weighted by atomic mass is 10.2. The maximum Gasteiger partial charge on any atom is 0.110 e. The molecule has 0 aliphatic heterocycles. The lowest BCUT2D eigenvalue weighted by molar-refractivity contribution is 0.874. The first-order chi connectivity index (χ1) is 6.31. The fraction of sp³-hybridized carbons (Fsp3) is 0.100. The molecule has 0 spiro atoms. The highest BCUT2D eigenvalue weighted by Gasteiger charge is 1.99. The van der Waals surface area contributed by atoms with E-state index >= 15 is 0 Å². The van der Waals surface area contributed by atoms with Crippen molar-refractivity contribution in [2.75, 3.05) is 5.73 Å². The van der Waals surface area contributed by atoms with Crippen molar-refractivity contribution >= 4 is 16.6 Å². The van der Waals surface area contributed by atoms with Crippen LogP contribution in [-0.4, -0.2) is 4.57 Å². The molecule has 2 N–H and O–H groups in total. The van der Waals surface area contributed by atoms with Gasteiger partial charge in [-0.05, 0) is 23.6 Å². The second-order valence-corrected chi connectivity index (χ2v) is 2.92. The second-order valence-electron chi connectivity index (χ2n) is 2.92. The van der Waals surface area contributed by atoms with Crippen molar-refractivity contribution in [1.29, 1.82) is 5.26 Å². The number of nitrogens with zero attached hydrogens (tertiary/aromatic N) is 2. The fourth-order valence-corrected chi connectivity index (χ4v) is 1.42. The molecule has 3 heteroatoms. The zero-order valence-electron chi connectivity index (χ0n) is 7.07. The Balaban J connectivity index is 2.66. The minimum absolute atomic E-state index is 0.368. The molecule has 0 unspecified atom stereocenters. The number of hydrogen-bond donors (Lipinski definition) is 1. The number of nitrogen functional groups attached to an aromatic ring is 1. The highest BCUT2D eigenvalue weighted by molar-refractivity contribution is 5.83. The van der Waals surface area contributed by atoms with Gasteiger partial charge in [0.05, 0.1) is 11.6 Å². The Labute approximate surface area is 76.0 Å². The zero-order valence-corrected chi connectivity index (χ0v) is 7.07. The van der Waals surface area contributed by atoms with Crippen molar-refractivity contribution in [3.8, 4) is 6.07 Å². The van der Waals surface area contributed by atoms with Gasteiger partial charge in [-0.1, -0.05) is 6.07 Å². The van der Waals surface area contributed by atoms with Crippen LogP contribution in [0.15, 0.2) is 30.5 Å². The average molecular weight is 171 g/mol. The Morgan fingerprint density at radius 1 is 1.38 bits per heavy atom. The topological polar surface area (TPSA) is 54.7 Å². The van der Waals surface area contributed by atoms with Crippen LogP contribution in [0.5, 0.6) is 0 Å². The third-order valence-corrected chi connectivity index (χ3v) is 2.04. The van der Waals surface area contributed by atoms with Crippen LogP contribution in [0.3, 0.4) is 0 Å². The SMILES string of the molecule is N#CCn1ccc2ccc(N)cc21. The smallest absolute Gasteiger partial charge is 0.110 e. The molecule has 0 saturated heterocycles. The summed E-state index contributed by atoms with van der Waals surface area (Å²) in [6.45, 7) is 0.368. The maximum absolute atomic E-state index is 8.56. The van der Waals surface area contributed by atoms with Gasteiger partial charge < -0.3 is 10.3 Å². The van der Waals surface area contributed by atoms with Crippen LogP contribution in [0.1, 0.15) is 0 Å². The molecule has 0 fully saturated rings. The summed E-state index contributed by atoms with van der Waals surface area (Å²) in [6.07, 6.45) is 1.90. The van der Waals surface area contributed by atoms with Gasteiger partial charge in [0.15, 0.2) is 0 Å². The third kappa shape index (κ3) is 1.23. The number of hydrogen-bond acceptors (Lipinski definition) is 2. The summed E-state index contributed by atoms with van der Waals surface area (Å²) in [5.41, 5.74) is 7.39. The molecule has 0 aliphatic carbocycles. The molecule has 2 rings (SSSR count). The van der Waals surface area contributed by atoms with E-state index in [1.165, 1.54) is 0 Å². The number of benzene rings is 1. The summed E-state index contributed by atoms with van der Waals surface area (Å²) in [7, 11) is 0. The minimum atomic E-state index is 0.368. The molecule has 64 valence electrons. The molecule has 0 amide bonds. The van der Waals surface area contributed by atoms with Crippen molar-refractivity contribution in [3.05, 3.63) is 30.5 Å². The van der Waals surface area contributed by atoms with Gasteiger partial charge in [-0.15, -0.1) is 0 Å². The Hall–Kier alpha value is -1.95. The van der Waals surface area contributed by atoms with E-state index in [4.69, 9.17) is 11.0 Å². The summed E-state index contributed by atoms with van der Waals surface area (Å²) >= 11 is 0. The van der Waals surface area contributed by atoms with Crippen molar-refractivity contribution in [2.24, 2.45) is 0 Å². The monoisotopic (exact) mass is 171 g/mol. The van der Waals surface area contributed by atoms with E-state index in [-0.39, 0.29) is 0 Å². The Kier molecular flexibility index (Phi) is 1.67. The number of rotatable bonds is 1. The zero-order chi connectivity index (χ0) is 9.26. The Morgan fingerprint density at radius 3 is 3.00 bits per heavy atom. The van der Waals surface area contributed by atoms with E-state index < -0.39 is 0 Å². The number of nitrogens with two attached hydrogens (primary N) is 1. The number of nitriles is 1. The molecule has 0 radical (unpaired) electrons. The van der Waals surface area contributed by atoms with Gasteiger partial charge in [-0.3, -0.25) is 0 Å². The van der Waals surface area contributed by atoms with Gasteiger partial charge in [0.2, 0.25) is 0 Å². The molecular formula is C10H9N3. The minimum Gasteiger partial charge on any atom is -0.399 e. The van der Waals surface area contributed by atoms with Crippen LogP contribution in [0.25, 0.3) is 10.9 Å². The Bertz CT molecular complexity index is 476. The van der Waals surface area contributed by atoms with E-state index in [0.29, 0.717) is 6.54 Å². The van der Waals surface area contributed by atoms with Crippen molar-refractivity contribution in [3.63, 3.8) is 0 Å². The standard InChI is InChI=1S/C10H9N3/c11-4-6-13-5-3-8-1-2-9(12)7-10(8)13/h1-3,5,7H,6,12H2. The van der Waals surface area contributed by atoms with Gasteiger partial charge in [0.25, 0.3) is 0 Å². The highest BCUT2D eigenvalue weighted by Crippen LogP contribution is 2.18. The summed E-state index contributed by atoms with van der Waals surface area (Å²) in [6, 6.07) is 9.78. The van der Waals surface area contributed by atoms with Gasteiger partial charge in [0, 0.05) is 11.9 Å². The first kappa shape index (κ1) is 7.69. The normalized spacial score (nSPS) is 10.1. The van der Waals surface area contributed by atoms with E-state index in [2.05, 4.69) is 6.07 Å². The largest absolute Gasteiger partial charge is 0.399 e. The Morgan fingerprint density at radius 2 is 2.23 bits per heavy atom. The molecule has 0 bridgehead atoms. The lowest BCUT2D eigenvalue weighted by Crippen LogP contribution is -1.93. The van der Waals surface area contributed by atoms with Gasteiger partial charge in [-0.25, -0.2) is 0 Å². The van der Waals surface area contributed by atoms with Crippen LogP contribution in [0.4, 0.5) is 5.69 Å². The van der Waals surface area contributed by atoms with Crippen LogP contribution in [0, 0.1) is 11.3 Å². The molecule has 0 saturated carbocycles. The first-order valence-electron chi connectivity index (χ1n) is 4.02. The third-order valence-electron chi connectivity index (χ3n) is 2.04. The predicted molar refractivity (Wildman–Crippen MR) is 52.0 cm³/mol. The quantitative estimate of drug-likeness (QED) is 0.664. The number of anilines is 1. The van der Waals surface area contributed by atoms with Crippen LogP contribution in [0.2, 0.25) is 0 Å². The first-order valence-corrected chi connectivity index (χ1v) is 4.02. The van der Waals surface area contributed by atoms with E-state index in [1.54, 1.807) is 0 Å². The molecule has 1 aromatic heterocycles. The summed E-state index contributed by atoms with van der Waals surface area (Å²) in [4.78, 5) is 0. The average Bonchev–Trinajstić information content (AvgIpc) is 2.49. The summed E-state index contributed by atoms with van der Waals surface area (Å²) in [5.74, 6) is 0. The molecule has 0 atom stereocenters. The van der Waals surface area contributed by atoms with Gasteiger partial charge in [0.1, 0.15) is 6.54 Å². The highest BCUT2D eigenvalue weighted by atomic mass is 14.9. The molecule has 13 heavy (non-hydrogen) atoms. The van der Waals surface area contributed by atoms with E-state index in [1.807, 2.05) is 35.0 Å². The number of fused-ring (bicyclic) bond motifs is 1. The van der Waals surface area contributed by atoms with Crippen molar-refractivity contribution in [2.45, 2.75) is 6.54 Å². The second kappa shape index (κ2) is 2.83. The van der Waals surface area contributed by atoms with E-state index in [0.717, 1.165) is 16.6 Å². The molecule has 1 aromatic carbocycles. The van der Waals surface area contributed by atoms with Gasteiger partial charge >= 0.3 is 0 Å². The number of aromatic nitrogens is 1. The molecular weight excluding hydrogens is 162 g/mol. The van der Waals surface area contributed by atoms with Crippen molar-refractivity contribution < 1.29 is 0 Å². The molecule has 2 aromatic rings. The van der Waals surface area contributed by atoms with Crippen molar-refractivity contribution in [1.82, 2.24) is 4.57 Å². The molecule has 1 heterocycles. The van der Waals surface area contributed by atoms with Gasteiger partial charge in [-0.2, -0.15) is 5.26 Å². The van der Waals surface area contributed by atoms with E-state index in [9.17, 15) is 0 Å².